The zero-order chi connectivity index (χ0) is 9.42. The van der Waals surface area contributed by atoms with Gasteiger partial charge in [-0.2, -0.15) is 0 Å². The Hall–Kier alpha value is -1.62. The third-order valence-corrected chi connectivity index (χ3v) is 2.00. The number of hydrogen-bond acceptors (Lipinski definition) is 3. The van der Waals surface area contributed by atoms with Crippen LogP contribution in [0.1, 0.15) is 0 Å². The van der Waals surface area contributed by atoms with E-state index in [-0.39, 0.29) is 5.56 Å². The van der Waals surface area contributed by atoms with Crippen LogP contribution < -0.4 is 11.3 Å². The molecule has 0 aliphatic rings. The van der Waals surface area contributed by atoms with Crippen LogP contribution in [0.25, 0.3) is 10.9 Å². The molecule has 1 aromatic carbocycles. The van der Waals surface area contributed by atoms with Gasteiger partial charge in [0.15, 0.2) is 4.77 Å². The van der Waals surface area contributed by atoms with Crippen molar-refractivity contribution in [3.8, 4) is 0 Å². The van der Waals surface area contributed by atoms with E-state index in [9.17, 15) is 4.79 Å². The predicted molar refractivity (Wildman–Crippen MR) is 54.2 cm³/mol. The van der Waals surface area contributed by atoms with Gasteiger partial charge in [-0.15, -0.1) is 0 Å². The highest BCUT2D eigenvalue weighted by Crippen LogP contribution is 2.13. The number of H-pyrrole nitrogens is 2. The van der Waals surface area contributed by atoms with Crippen LogP contribution in [-0.4, -0.2) is 9.97 Å². The van der Waals surface area contributed by atoms with Gasteiger partial charge in [0.25, 0.3) is 5.56 Å². The van der Waals surface area contributed by atoms with Crippen molar-refractivity contribution < 1.29 is 0 Å². The molecule has 1 heterocycles. The molecule has 0 saturated carbocycles. The van der Waals surface area contributed by atoms with Gasteiger partial charge in [-0.05, 0) is 24.4 Å². The molecule has 0 unspecified atom stereocenters. The van der Waals surface area contributed by atoms with Crippen molar-refractivity contribution in [1.29, 1.82) is 0 Å². The average molecular weight is 193 g/mol. The van der Waals surface area contributed by atoms with E-state index in [1.165, 1.54) is 0 Å². The molecule has 0 saturated heterocycles. The zero-order valence-corrected chi connectivity index (χ0v) is 7.44. The van der Waals surface area contributed by atoms with Crippen molar-refractivity contribution in [2.45, 2.75) is 0 Å². The number of nitrogen functional groups attached to an aromatic ring is 1. The predicted octanol–water partition coefficient (Wildman–Crippen LogP) is 1.17. The minimum Gasteiger partial charge on any atom is -0.398 e. The lowest BCUT2D eigenvalue weighted by Crippen LogP contribution is -2.09. The molecule has 0 aliphatic heterocycles. The first-order valence-corrected chi connectivity index (χ1v) is 4.10. The Labute approximate surface area is 78.4 Å². The van der Waals surface area contributed by atoms with Crippen molar-refractivity contribution in [1.82, 2.24) is 9.97 Å². The summed E-state index contributed by atoms with van der Waals surface area (Å²) in [5.74, 6) is 0. The first-order valence-electron chi connectivity index (χ1n) is 3.69. The van der Waals surface area contributed by atoms with Crippen molar-refractivity contribution in [2.75, 3.05) is 5.73 Å². The lowest BCUT2D eigenvalue weighted by molar-refractivity contribution is 1.14. The van der Waals surface area contributed by atoms with Crippen LogP contribution in [0.5, 0.6) is 0 Å². The first kappa shape index (κ1) is 8.00. The molecule has 0 spiro atoms. The minimum atomic E-state index is -0.253. The van der Waals surface area contributed by atoms with E-state index in [4.69, 9.17) is 18.0 Å². The summed E-state index contributed by atoms with van der Waals surface area (Å²) in [5.41, 5.74) is 6.49. The maximum Gasteiger partial charge on any atom is 0.261 e. The highest BCUT2D eigenvalue weighted by Gasteiger charge is 2.01. The number of hydrogen-bond donors (Lipinski definition) is 3. The maximum absolute atomic E-state index is 11.4. The molecule has 2 rings (SSSR count). The fourth-order valence-corrected chi connectivity index (χ4v) is 1.45. The molecule has 0 atom stereocenters. The first-order chi connectivity index (χ1) is 6.18. The molecule has 5 heteroatoms. The summed E-state index contributed by atoms with van der Waals surface area (Å²) in [5, 5.41) is 0.455. The summed E-state index contributed by atoms with van der Waals surface area (Å²) >= 11 is 4.82. The fraction of sp³-hybridized carbons (Fsp3) is 0. The third-order valence-electron chi connectivity index (χ3n) is 1.80. The molecule has 13 heavy (non-hydrogen) atoms. The van der Waals surface area contributed by atoms with Crippen LogP contribution in [0.15, 0.2) is 23.0 Å². The summed E-state index contributed by atoms with van der Waals surface area (Å²) in [4.78, 5) is 16.7. The van der Waals surface area contributed by atoms with Crippen molar-refractivity contribution in [3.05, 3.63) is 33.3 Å². The van der Waals surface area contributed by atoms with Crippen molar-refractivity contribution >= 4 is 28.8 Å². The molecule has 66 valence electrons. The Kier molecular flexibility index (Phi) is 1.66. The lowest BCUT2D eigenvalue weighted by atomic mass is 10.2. The number of benzene rings is 1. The molecular formula is C8H7N3OS. The Morgan fingerprint density at radius 1 is 1.31 bits per heavy atom. The van der Waals surface area contributed by atoms with Crippen LogP contribution in [-0.2, 0) is 0 Å². The molecule has 4 nitrogen and oxygen atoms in total. The van der Waals surface area contributed by atoms with Crippen LogP contribution in [0, 0.1) is 4.77 Å². The number of fused-ring (bicyclic) bond motifs is 1. The summed E-state index contributed by atoms with van der Waals surface area (Å²) in [7, 11) is 0. The van der Waals surface area contributed by atoms with Crippen molar-refractivity contribution in [2.24, 2.45) is 0 Å². The second-order valence-electron chi connectivity index (χ2n) is 2.68. The van der Waals surface area contributed by atoms with Crippen LogP contribution >= 0.6 is 12.2 Å². The molecule has 0 amide bonds. The largest absolute Gasteiger partial charge is 0.398 e. The number of anilines is 1. The summed E-state index contributed by atoms with van der Waals surface area (Å²) in [6.45, 7) is 0. The van der Waals surface area contributed by atoms with Crippen molar-refractivity contribution in [3.63, 3.8) is 0 Å². The Bertz CT molecular complexity index is 569. The van der Waals surface area contributed by atoms with Gasteiger partial charge in [-0.25, -0.2) is 0 Å². The fourth-order valence-electron chi connectivity index (χ4n) is 1.25. The smallest absolute Gasteiger partial charge is 0.261 e. The molecule has 0 radical (unpaired) electrons. The van der Waals surface area contributed by atoms with Crippen LogP contribution in [0.3, 0.4) is 0 Å². The number of nitrogens with two attached hydrogens (primary N) is 1. The highest BCUT2D eigenvalue weighted by molar-refractivity contribution is 7.71. The highest BCUT2D eigenvalue weighted by atomic mass is 32.1. The van der Waals surface area contributed by atoms with E-state index in [2.05, 4.69) is 9.97 Å². The van der Waals surface area contributed by atoms with Gasteiger partial charge in [-0.1, -0.05) is 6.07 Å². The van der Waals surface area contributed by atoms with Gasteiger partial charge in [0.2, 0.25) is 0 Å². The lowest BCUT2D eigenvalue weighted by Gasteiger charge is -1.99. The van der Waals surface area contributed by atoms with E-state index in [1.54, 1.807) is 18.2 Å². The van der Waals surface area contributed by atoms with Gasteiger partial charge >= 0.3 is 0 Å². The standard InChI is InChI=1S/C8H7N3OS/c9-4-2-1-3-5-6(4)7(12)11-8(13)10-5/h1-3H,9H2,(H2,10,11,12,13). The molecule has 0 aliphatic carbocycles. The second kappa shape index (κ2) is 2.70. The maximum atomic E-state index is 11.4. The minimum absolute atomic E-state index is 0.253. The van der Waals surface area contributed by atoms with Gasteiger partial charge < -0.3 is 10.7 Å². The number of aromatic amines is 2. The number of nitrogens with one attached hydrogen (secondary N) is 2. The quantitative estimate of drug-likeness (QED) is 0.434. The SMILES string of the molecule is Nc1cccc2[nH]c(=S)[nH]c(=O)c12. The monoisotopic (exact) mass is 193 g/mol. The summed E-state index contributed by atoms with van der Waals surface area (Å²) < 4.78 is 0.308. The molecule has 2 aromatic rings. The van der Waals surface area contributed by atoms with Gasteiger partial charge in [0.05, 0.1) is 10.9 Å². The molecule has 1 aromatic heterocycles. The van der Waals surface area contributed by atoms with Gasteiger partial charge in [0.1, 0.15) is 0 Å². The normalized spacial score (nSPS) is 10.5. The molecule has 0 bridgehead atoms. The Balaban J connectivity index is 3.12. The average Bonchev–Trinajstić information content (AvgIpc) is 2.02. The Morgan fingerprint density at radius 2 is 2.08 bits per heavy atom. The van der Waals surface area contributed by atoms with E-state index < -0.39 is 0 Å². The van der Waals surface area contributed by atoms with E-state index in [1.807, 2.05) is 0 Å². The summed E-state index contributed by atoms with van der Waals surface area (Å²) in [6, 6.07) is 5.20. The van der Waals surface area contributed by atoms with Crippen LogP contribution in [0.2, 0.25) is 0 Å². The van der Waals surface area contributed by atoms with Gasteiger partial charge in [-0.3, -0.25) is 9.78 Å². The Morgan fingerprint density at radius 3 is 2.85 bits per heavy atom. The van der Waals surface area contributed by atoms with E-state index in [0.717, 1.165) is 0 Å². The second-order valence-corrected chi connectivity index (χ2v) is 3.09. The topological polar surface area (TPSA) is 74.7 Å². The van der Waals surface area contributed by atoms with E-state index >= 15 is 0 Å². The third kappa shape index (κ3) is 1.23. The summed E-state index contributed by atoms with van der Waals surface area (Å²) in [6.07, 6.45) is 0. The van der Waals surface area contributed by atoms with Gasteiger partial charge in [0, 0.05) is 5.69 Å². The molecule has 4 N–H and O–H groups in total. The van der Waals surface area contributed by atoms with Crippen LogP contribution in [0.4, 0.5) is 5.69 Å². The number of rotatable bonds is 0. The molecular weight excluding hydrogens is 186 g/mol. The zero-order valence-electron chi connectivity index (χ0n) is 6.63. The molecule has 0 fully saturated rings. The van der Waals surface area contributed by atoms with E-state index in [0.29, 0.717) is 21.4 Å². The number of aromatic nitrogens is 2.